The lowest BCUT2D eigenvalue weighted by molar-refractivity contribution is 0.0337. The topological polar surface area (TPSA) is 79.7 Å². The van der Waals surface area contributed by atoms with Crippen molar-refractivity contribution in [2.75, 3.05) is 13.1 Å². The maximum atomic E-state index is 13.7. The Morgan fingerprint density at radius 2 is 1.83 bits per heavy atom. The van der Waals surface area contributed by atoms with Gasteiger partial charge in [0.2, 0.25) is 0 Å². The maximum absolute atomic E-state index is 13.7. The number of hydrogen-bond acceptors (Lipinski definition) is 5. The van der Waals surface area contributed by atoms with Crippen molar-refractivity contribution in [1.29, 1.82) is 0 Å². The number of likely N-dealkylation sites (tertiary alicyclic amines) is 1. The first-order valence-electron chi connectivity index (χ1n) is 14.2. The Bertz CT molecular complexity index is 1280. The zero-order chi connectivity index (χ0) is 24.7. The van der Waals surface area contributed by atoms with Gasteiger partial charge in [-0.1, -0.05) is 44.2 Å². The van der Waals surface area contributed by atoms with Gasteiger partial charge in [0, 0.05) is 18.7 Å². The lowest BCUT2D eigenvalue weighted by Gasteiger charge is -2.47. The molecule has 36 heavy (non-hydrogen) atoms. The predicted molar refractivity (Wildman–Crippen MR) is 142 cm³/mol. The number of aromatic amines is 1. The van der Waals surface area contributed by atoms with E-state index in [9.17, 15) is 4.79 Å². The van der Waals surface area contributed by atoms with E-state index in [1.54, 1.807) is 0 Å². The third kappa shape index (κ3) is 4.40. The fraction of sp³-hybridized carbons (Fsp3) is 0.655. The zero-order valence-electron chi connectivity index (χ0n) is 21.9. The Morgan fingerprint density at radius 3 is 2.64 bits per heavy atom. The summed E-state index contributed by atoms with van der Waals surface area (Å²) in [5.74, 6) is 1.46. The molecule has 2 aromatic heterocycles. The number of pyridine rings is 1. The van der Waals surface area contributed by atoms with E-state index in [1.807, 2.05) is 4.68 Å². The summed E-state index contributed by atoms with van der Waals surface area (Å²) in [6, 6.07) is 6.17. The number of piperidine rings is 1. The minimum absolute atomic E-state index is 0.0140. The van der Waals surface area contributed by atoms with Crippen molar-refractivity contribution < 1.29 is 0 Å². The minimum Gasteiger partial charge on any atom is -0.321 e. The second-order valence-corrected chi connectivity index (χ2v) is 11.9. The summed E-state index contributed by atoms with van der Waals surface area (Å²) in [6.07, 6.45) is 14.2. The first-order valence-corrected chi connectivity index (χ1v) is 14.2. The number of fused-ring (bicyclic) bond motifs is 1. The Hall–Kier alpha value is -2.54. The molecular formula is C29H40N6O. The molecule has 192 valence electrons. The summed E-state index contributed by atoms with van der Waals surface area (Å²) in [6.45, 7) is 7.04. The van der Waals surface area contributed by atoms with Crippen LogP contribution >= 0.6 is 0 Å². The second kappa shape index (κ2) is 9.73. The van der Waals surface area contributed by atoms with E-state index >= 15 is 0 Å². The summed E-state index contributed by atoms with van der Waals surface area (Å²) in [4.78, 5) is 19.5. The van der Waals surface area contributed by atoms with Crippen molar-refractivity contribution in [2.45, 2.75) is 97.1 Å². The zero-order valence-corrected chi connectivity index (χ0v) is 21.9. The predicted octanol–water partition coefficient (Wildman–Crippen LogP) is 5.46. The van der Waals surface area contributed by atoms with Crippen LogP contribution in [0.15, 0.2) is 23.0 Å². The average Bonchev–Trinajstić information content (AvgIpc) is 3.56. The maximum Gasteiger partial charge on any atom is 0.253 e. The van der Waals surface area contributed by atoms with Crippen molar-refractivity contribution in [3.63, 3.8) is 0 Å². The molecule has 1 aliphatic heterocycles. The van der Waals surface area contributed by atoms with Gasteiger partial charge in [0.05, 0.1) is 5.52 Å². The van der Waals surface area contributed by atoms with E-state index in [4.69, 9.17) is 0 Å². The molecule has 1 saturated heterocycles. The van der Waals surface area contributed by atoms with E-state index in [2.05, 4.69) is 57.5 Å². The first kappa shape index (κ1) is 23.8. The summed E-state index contributed by atoms with van der Waals surface area (Å²) in [7, 11) is 0. The lowest BCUT2D eigenvalue weighted by Crippen LogP contribution is -2.47. The van der Waals surface area contributed by atoms with Gasteiger partial charge in [-0.05, 0) is 103 Å². The van der Waals surface area contributed by atoms with Gasteiger partial charge in [0.1, 0.15) is 6.04 Å². The third-order valence-electron chi connectivity index (χ3n) is 9.55. The number of H-pyrrole nitrogens is 1. The van der Waals surface area contributed by atoms with Crippen LogP contribution in [0.2, 0.25) is 0 Å². The number of aryl methyl sites for hydroxylation is 2. The largest absolute Gasteiger partial charge is 0.321 e. The van der Waals surface area contributed by atoms with Crippen LogP contribution < -0.4 is 5.56 Å². The number of hydrogen-bond donors (Lipinski definition) is 1. The second-order valence-electron chi connectivity index (χ2n) is 11.9. The fourth-order valence-electron chi connectivity index (χ4n) is 7.40. The van der Waals surface area contributed by atoms with Gasteiger partial charge in [-0.25, -0.2) is 4.68 Å². The molecule has 0 bridgehead atoms. The van der Waals surface area contributed by atoms with Crippen molar-refractivity contribution in [2.24, 2.45) is 11.3 Å². The van der Waals surface area contributed by atoms with Crippen LogP contribution in [0.25, 0.3) is 10.9 Å². The molecule has 2 aliphatic carbocycles. The van der Waals surface area contributed by atoms with E-state index in [0.29, 0.717) is 11.3 Å². The fourth-order valence-corrected chi connectivity index (χ4v) is 7.40. The van der Waals surface area contributed by atoms with Crippen LogP contribution in [0, 0.1) is 25.2 Å². The Kier molecular flexibility index (Phi) is 6.44. The smallest absolute Gasteiger partial charge is 0.253 e. The molecule has 1 N–H and O–H groups in total. The third-order valence-corrected chi connectivity index (χ3v) is 9.55. The monoisotopic (exact) mass is 488 g/mol. The van der Waals surface area contributed by atoms with Crippen LogP contribution in [-0.2, 0) is 6.54 Å². The normalized spacial score (nSPS) is 21.9. The molecule has 1 atom stereocenters. The van der Waals surface area contributed by atoms with Gasteiger partial charge in [0.25, 0.3) is 5.56 Å². The van der Waals surface area contributed by atoms with Gasteiger partial charge < -0.3 is 4.98 Å². The summed E-state index contributed by atoms with van der Waals surface area (Å²) in [5.41, 5.74) is 4.41. The summed E-state index contributed by atoms with van der Waals surface area (Å²) < 4.78 is 2.02. The molecular weight excluding hydrogens is 448 g/mol. The summed E-state index contributed by atoms with van der Waals surface area (Å²) >= 11 is 0. The van der Waals surface area contributed by atoms with Crippen molar-refractivity contribution >= 4 is 10.9 Å². The first-order chi connectivity index (χ1) is 17.5. The molecule has 0 unspecified atom stereocenters. The van der Waals surface area contributed by atoms with Crippen LogP contribution in [0.1, 0.15) is 99.2 Å². The van der Waals surface area contributed by atoms with E-state index in [1.165, 1.54) is 76.2 Å². The highest BCUT2D eigenvalue weighted by atomic mass is 16.1. The lowest BCUT2D eigenvalue weighted by atomic mass is 9.69. The molecule has 1 aromatic carbocycles. The molecule has 0 radical (unpaired) electrons. The van der Waals surface area contributed by atoms with Crippen LogP contribution in [0.5, 0.6) is 0 Å². The van der Waals surface area contributed by atoms with Gasteiger partial charge >= 0.3 is 0 Å². The number of tetrazole rings is 1. The number of benzene rings is 1. The highest BCUT2D eigenvalue weighted by Crippen LogP contribution is 2.45. The van der Waals surface area contributed by atoms with E-state index < -0.39 is 0 Å². The Labute approximate surface area is 213 Å². The molecule has 3 aromatic rings. The van der Waals surface area contributed by atoms with Crippen LogP contribution in [0.3, 0.4) is 0 Å². The molecule has 7 heteroatoms. The number of nitrogens with zero attached hydrogens (tertiary/aromatic N) is 5. The molecule has 7 nitrogen and oxygen atoms in total. The van der Waals surface area contributed by atoms with Crippen molar-refractivity contribution in [1.82, 2.24) is 30.1 Å². The molecule has 3 fully saturated rings. The molecule has 3 heterocycles. The highest BCUT2D eigenvalue weighted by molar-refractivity contribution is 5.83. The van der Waals surface area contributed by atoms with Crippen LogP contribution in [-0.4, -0.2) is 43.2 Å². The average molecular weight is 489 g/mol. The molecule has 3 aliphatic rings. The van der Waals surface area contributed by atoms with Gasteiger partial charge in [-0.2, -0.15) is 0 Å². The number of rotatable bonds is 5. The van der Waals surface area contributed by atoms with Gasteiger partial charge in [-0.3, -0.25) is 9.69 Å². The highest BCUT2D eigenvalue weighted by Gasteiger charge is 2.41. The summed E-state index contributed by atoms with van der Waals surface area (Å²) in [5, 5.41) is 14.3. The van der Waals surface area contributed by atoms with Crippen LogP contribution in [0.4, 0.5) is 0 Å². The van der Waals surface area contributed by atoms with Gasteiger partial charge in [0.15, 0.2) is 5.82 Å². The van der Waals surface area contributed by atoms with E-state index in [-0.39, 0.29) is 11.6 Å². The van der Waals surface area contributed by atoms with E-state index in [0.717, 1.165) is 47.5 Å². The van der Waals surface area contributed by atoms with Gasteiger partial charge in [-0.15, -0.1) is 5.10 Å². The quantitative estimate of drug-likeness (QED) is 0.516. The number of nitrogens with one attached hydrogen (secondary N) is 1. The molecule has 1 spiro atoms. The molecule has 0 amide bonds. The standard InChI is InChI=1S/C29H40N6O/c1-20-11-12-23-17-24(28(36)30-25(23)21(20)2)26(27-31-32-33-35(27)18-22-9-4-5-10-22)34-16-8-15-29(19-34)13-6-3-7-14-29/h11-12,17,22,26H,3-10,13-16,18-19H2,1-2H3,(H,30,36)/t26-/m1/s1. The Morgan fingerprint density at radius 1 is 1.06 bits per heavy atom. The molecule has 6 rings (SSSR count). The van der Waals surface area contributed by atoms with Crippen molar-refractivity contribution in [3.05, 3.63) is 51.1 Å². The minimum atomic E-state index is -0.227. The Balaban J connectivity index is 1.45. The number of aromatic nitrogens is 5. The molecule has 2 saturated carbocycles. The SMILES string of the molecule is Cc1ccc2cc([C@H](c3nnnn3CC3CCCC3)N3CCCC4(CCCCC4)C3)c(=O)[nH]c2c1C. The van der Waals surface area contributed by atoms with Crippen molar-refractivity contribution in [3.8, 4) is 0 Å².